The minimum absolute atomic E-state index is 0. The predicted molar refractivity (Wildman–Crippen MR) is 89.7 cm³/mol. The molecule has 0 saturated carbocycles. The second kappa shape index (κ2) is 8.60. The van der Waals surface area contributed by atoms with E-state index >= 15 is 0 Å². The average molecular weight is 291 g/mol. The van der Waals surface area contributed by atoms with Gasteiger partial charge in [-0.1, -0.05) is 40.5 Å². The lowest BCUT2D eigenvalue weighted by Gasteiger charge is -2.08. The van der Waals surface area contributed by atoms with Gasteiger partial charge in [0.05, 0.1) is 0 Å². The summed E-state index contributed by atoms with van der Waals surface area (Å²) in [5.41, 5.74) is 1.45. The summed E-state index contributed by atoms with van der Waals surface area (Å²) >= 11 is 0. The fourth-order valence-electron chi connectivity index (χ4n) is 2.11. The van der Waals surface area contributed by atoms with E-state index in [0.29, 0.717) is 17.9 Å². The summed E-state index contributed by atoms with van der Waals surface area (Å²) in [7, 11) is 0. The predicted octanol–water partition coefficient (Wildman–Crippen LogP) is 4.93. The summed E-state index contributed by atoms with van der Waals surface area (Å²) in [6, 6.07) is 7.14. The van der Waals surface area contributed by atoms with Gasteiger partial charge < -0.3 is 5.32 Å². The lowest BCUT2D eigenvalue weighted by molar-refractivity contribution is -0.116. The van der Waals surface area contributed by atoms with Gasteiger partial charge in [-0.25, -0.2) is 0 Å². The summed E-state index contributed by atoms with van der Waals surface area (Å²) in [4.78, 5) is 23.6. The molecule has 1 amide bonds. The lowest BCUT2D eigenvalue weighted by atomic mass is 10.0. The van der Waals surface area contributed by atoms with Crippen molar-refractivity contribution in [2.24, 2.45) is 11.8 Å². The Morgan fingerprint density at radius 3 is 2.19 bits per heavy atom. The van der Waals surface area contributed by atoms with E-state index in [4.69, 9.17) is 0 Å². The van der Waals surface area contributed by atoms with Crippen LogP contribution in [0.2, 0.25) is 0 Å². The molecule has 3 heteroatoms. The molecule has 1 aromatic rings. The number of rotatable bonds is 8. The van der Waals surface area contributed by atoms with Crippen molar-refractivity contribution >= 4 is 17.4 Å². The number of benzene rings is 1. The Labute approximate surface area is 129 Å². The van der Waals surface area contributed by atoms with E-state index in [2.05, 4.69) is 19.2 Å². The van der Waals surface area contributed by atoms with Crippen LogP contribution in [0.5, 0.6) is 0 Å². The maximum absolute atomic E-state index is 11.8. The molecule has 0 atom stereocenters. The molecule has 0 aliphatic carbocycles. The van der Waals surface area contributed by atoms with Crippen LogP contribution in [0.1, 0.15) is 65.2 Å². The van der Waals surface area contributed by atoms with Gasteiger partial charge in [0.25, 0.3) is 0 Å². The fraction of sp³-hybridized carbons (Fsp3) is 0.556. The van der Waals surface area contributed by atoms with Crippen LogP contribution in [-0.4, -0.2) is 11.7 Å². The number of hydrogen-bond donors (Lipinski definition) is 1. The molecule has 0 aromatic heterocycles. The third-order valence-electron chi connectivity index (χ3n) is 3.41. The molecule has 1 rings (SSSR count). The molecule has 0 aliphatic heterocycles. The Kier molecular flexibility index (Phi) is 7.13. The van der Waals surface area contributed by atoms with Crippen LogP contribution in [0.25, 0.3) is 0 Å². The molecule has 0 heterocycles. The van der Waals surface area contributed by atoms with Gasteiger partial charge in [0.2, 0.25) is 5.91 Å². The van der Waals surface area contributed by atoms with Gasteiger partial charge >= 0.3 is 0 Å². The Hall–Kier alpha value is -1.64. The van der Waals surface area contributed by atoms with Crippen LogP contribution >= 0.6 is 0 Å². The number of ketones is 1. The van der Waals surface area contributed by atoms with Crippen LogP contribution in [0.4, 0.5) is 5.69 Å². The highest BCUT2D eigenvalue weighted by Gasteiger charge is 2.10. The molecule has 118 valence electrons. The first-order valence-corrected chi connectivity index (χ1v) is 7.84. The third-order valence-corrected chi connectivity index (χ3v) is 3.41. The maximum Gasteiger partial charge on any atom is 0.224 e. The summed E-state index contributed by atoms with van der Waals surface area (Å²) in [5, 5.41) is 2.88. The number of amides is 1. The molecule has 0 spiro atoms. The molecular formula is C18H29NO2. The average Bonchev–Trinajstić information content (AvgIpc) is 2.43. The largest absolute Gasteiger partial charge is 0.326 e. The van der Waals surface area contributed by atoms with Gasteiger partial charge in [0.1, 0.15) is 0 Å². The molecule has 0 unspecified atom stereocenters. The molecule has 21 heavy (non-hydrogen) atoms. The topological polar surface area (TPSA) is 46.2 Å². The van der Waals surface area contributed by atoms with Crippen molar-refractivity contribution in [3.8, 4) is 0 Å². The molecule has 1 aromatic carbocycles. The van der Waals surface area contributed by atoms with Crippen molar-refractivity contribution in [3.63, 3.8) is 0 Å². The van der Waals surface area contributed by atoms with Crippen molar-refractivity contribution in [1.82, 2.24) is 0 Å². The van der Waals surface area contributed by atoms with Crippen molar-refractivity contribution in [2.75, 3.05) is 5.32 Å². The van der Waals surface area contributed by atoms with E-state index in [1.54, 1.807) is 24.3 Å². The zero-order chi connectivity index (χ0) is 15.8. The normalized spacial score (nSPS) is 11.0. The third kappa shape index (κ3) is 6.56. The van der Waals surface area contributed by atoms with Gasteiger partial charge in [0, 0.05) is 25.0 Å². The number of Topliss-reactive ketones (excluding diaryl/α,β-unsaturated/α-hetero) is 1. The second-order valence-corrected chi connectivity index (χ2v) is 6.28. The van der Waals surface area contributed by atoms with Crippen LogP contribution < -0.4 is 5.32 Å². The Morgan fingerprint density at radius 1 is 1.05 bits per heavy atom. The summed E-state index contributed by atoms with van der Waals surface area (Å²) < 4.78 is 0. The molecule has 0 fully saturated rings. The first-order chi connectivity index (χ1) is 9.90. The van der Waals surface area contributed by atoms with E-state index in [1.165, 1.54) is 6.42 Å². The van der Waals surface area contributed by atoms with Crippen molar-refractivity contribution in [3.05, 3.63) is 29.8 Å². The van der Waals surface area contributed by atoms with Crippen LogP contribution in [0, 0.1) is 11.8 Å². The minimum atomic E-state index is -0.00796. The maximum atomic E-state index is 11.8. The van der Waals surface area contributed by atoms with E-state index < -0.39 is 0 Å². The van der Waals surface area contributed by atoms with Gasteiger partial charge in [-0.3, -0.25) is 9.59 Å². The van der Waals surface area contributed by atoms with Crippen molar-refractivity contribution in [1.29, 1.82) is 0 Å². The monoisotopic (exact) mass is 291 g/mol. The molecule has 1 N–H and O–H groups in total. The summed E-state index contributed by atoms with van der Waals surface area (Å²) in [5.74, 6) is 0.855. The van der Waals surface area contributed by atoms with Gasteiger partial charge in [-0.15, -0.1) is 0 Å². The van der Waals surface area contributed by atoms with Gasteiger partial charge in [0.15, 0.2) is 5.78 Å². The van der Waals surface area contributed by atoms with Gasteiger partial charge in [-0.2, -0.15) is 0 Å². The van der Waals surface area contributed by atoms with Crippen LogP contribution in [0.15, 0.2) is 24.3 Å². The van der Waals surface area contributed by atoms with Gasteiger partial charge in [-0.05, 0) is 36.6 Å². The number of nitrogens with one attached hydrogen (secondary N) is 1. The highest BCUT2D eigenvalue weighted by atomic mass is 16.1. The smallest absolute Gasteiger partial charge is 0.224 e. The molecule has 0 saturated heterocycles. The van der Waals surface area contributed by atoms with Crippen molar-refractivity contribution < 1.29 is 11.0 Å². The quantitative estimate of drug-likeness (QED) is 0.545. The SMILES string of the molecule is CC(C)CCCCC(=O)Nc1ccc(C(=O)C(C)C)cc1.[HH]. The number of anilines is 1. The number of unbranched alkanes of at least 4 members (excludes halogenated alkanes) is 1. The zero-order valence-corrected chi connectivity index (χ0v) is 13.6. The van der Waals surface area contributed by atoms with Crippen molar-refractivity contribution in [2.45, 2.75) is 53.4 Å². The molecule has 0 radical (unpaired) electrons. The lowest BCUT2D eigenvalue weighted by Crippen LogP contribution is -2.12. The number of carbonyl (C=O) groups is 2. The molecule has 0 bridgehead atoms. The number of carbonyl (C=O) groups excluding carboxylic acids is 2. The zero-order valence-electron chi connectivity index (χ0n) is 13.6. The van der Waals surface area contributed by atoms with Crippen LogP contribution in [-0.2, 0) is 4.79 Å². The summed E-state index contributed by atoms with van der Waals surface area (Å²) in [6.07, 6.45) is 3.74. The van der Waals surface area contributed by atoms with E-state index in [9.17, 15) is 9.59 Å². The minimum Gasteiger partial charge on any atom is -0.326 e. The molecule has 0 aliphatic rings. The molecular weight excluding hydrogens is 262 g/mol. The molecule has 3 nitrogen and oxygen atoms in total. The summed E-state index contributed by atoms with van der Waals surface area (Å²) in [6.45, 7) is 8.16. The van der Waals surface area contributed by atoms with E-state index in [-0.39, 0.29) is 19.0 Å². The fourth-order valence-corrected chi connectivity index (χ4v) is 2.11. The highest BCUT2D eigenvalue weighted by molar-refractivity contribution is 5.98. The first-order valence-electron chi connectivity index (χ1n) is 7.84. The standard InChI is InChI=1S/C18H27NO2.H2/c1-13(2)7-5-6-8-17(20)19-16-11-9-15(10-12-16)18(21)14(3)4;/h9-14H,5-8H2,1-4H3,(H,19,20);1H. The van der Waals surface area contributed by atoms with E-state index in [0.717, 1.165) is 18.5 Å². The first kappa shape index (κ1) is 17.4. The Bertz CT molecular complexity index is 466. The Morgan fingerprint density at radius 2 is 1.67 bits per heavy atom. The Balaban J connectivity index is 0.00000441. The van der Waals surface area contributed by atoms with E-state index in [1.807, 2.05) is 13.8 Å². The highest BCUT2D eigenvalue weighted by Crippen LogP contribution is 2.14. The van der Waals surface area contributed by atoms with Crippen LogP contribution in [0.3, 0.4) is 0 Å². The number of hydrogen-bond acceptors (Lipinski definition) is 2. The second-order valence-electron chi connectivity index (χ2n) is 6.28.